The maximum Gasteiger partial charge on any atom is 0.316 e. The molecule has 2 heterocycles. The fourth-order valence-corrected chi connectivity index (χ4v) is 1.94. The number of hydrogen-bond donors (Lipinski definition) is 0. The summed E-state index contributed by atoms with van der Waals surface area (Å²) in [6.07, 6.45) is 4.53. The van der Waals surface area contributed by atoms with Crippen LogP contribution in [0.15, 0.2) is 12.4 Å². The minimum absolute atomic E-state index is 0.0186. The molecular formula is C11H14FN3O2. The molecule has 1 fully saturated rings. The van der Waals surface area contributed by atoms with E-state index in [1.165, 1.54) is 0 Å². The van der Waals surface area contributed by atoms with Crippen molar-refractivity contribution in [2.75, 3.05) is 6.54 Å². The van der Waals surface area contributed by atoms with Crippen molar-refractivity contribution in [1.82, 2.24) is 14.9 Å². The van der Waals surface area contributed by atoms with E-state index in [9.17, 15) is 9.18 Å². The van der Waals surface area contributed by atoms with Crippen LogP contribution in [-0.2, 0) is 4.79 Å². The number of hydrogen-bond acceptors (Lipinski definition) is 4. The van der Waals surface area contributed by atoms with Gasteiger partial charge in [0, 0.05) is 6.54 Å². The summed E-state index contributed by atoms with van der Waals surface area (Å²) >= 11 is 0. The first-order valence-electron chi connectivity index (χ1n) is 5.56. The standard InChI is InChI=1S/C11H14FN3O2/c1-8-10(3-2-4-15(8)7-16)17-11-13-5-9(12)6-14-11/h5-8,10H,2-4H2,1H3/t8-,10+/m0/s1. The molecule has 92 valence electrons. The lowest BCUT2D eigenvalue weighted by molar-refractivity contribution is -0.123. The number of ether oxygens (including phenoxy) is 1. The summed E-state index contributed by atoms with van der Waals surface area (Å²) in [7, 11) is 0. The molecule has 1 saturated heterocycles. The van der Waals surface area contributed by atoms with Crippen molar-refractivity contribution in [1.29, 1.82) is 0 Å². The van der Waals surface area contributed by atoms with Gasteiger partial charge in [0.15, 0.2) is 5.82 Å². The lowest BCUT2D eigenvalue weighted by atomic mass is 10.0. The molecule has 1 aromatic rings. The Morgan fingerprint density at radius 1 is 1.53 bits per heavy atom. The molecule has 0 bridgehead atoms. The highest BCUT2D eigenvalue weighted by atomic mass is 19.1. The monoisotopic (exact) mass is 239 g/mol. The number of halogens is 1. The summed E-state index contributed by atoms with van der Waals surface area (Å²) in [5.41, 5.74) is 0. The maximum absolute atomic E-state index is 12.6. The second kappa shape index (κ2) is 5.07. The van der Waals surface area contributed by atoms with Crippen molar-refractivity contribution in [2.45, 2.75) is 31.9 Å². The molecule has 5 nitrogen and oxygen atoms in total. The highest BCUT2D eigenvalue weighted by molar-refractivity contribution is 5.48. The first kappa shape index (κ1) is 11.8. The van der Waals surface area contributed by atoms with Gasteiger partial charge in [0.1, 0.15) is 6.10 Å². The largest absolute Gasteiger partial charge is 0.458 e. The summed E-state index contributed by atoms with van der Waals surface area (Å²) in [4.78, 5) is 20.0. The maximum atomic E-state index is 12.6. The summed E-state index contributed by atoms with van der Waals surface area (Å²) in [6.45, 7) is 2.66. The fraction of sp³-hybridized carbons (Fsp3) is 0.545. The van der Waals surface area contributed by atoms with Gasteiger partial charge in [-0.25, -0.2) is 14.4 Å². The molecule has 0 radical (unpaired) electrons. The van der Waals surface area contributed by atoms with Crippen molar-refractivity contribution >= 4 is 6.41 Å². The Hall–Kier alpha value is -1.72. The minimum atomic E-state index is -0.497. The van der Waals surface area contributed by atoms with E-state index in [2.05, 4.69) is 9.97 Å². The molecule has 0 N–H and O–H groups in total. The highest BCUT2D eigenvalue weighted by Gasteiger charge is 2.29. The van der Waals surface area contributed by atoms with Crippen LogP contribution in [0.3, 0.4) is 0 Å². The molecule has 1 amide bonds. The van der Waals surface area contributed by atoms with Crippen molar-refractivity contribution in [2.24, 2.45) is 0 Å². The molecule has 0 saturated carbocycles. The molecule has 17 heavy (non-hydrogen) atoms. The van der Waals surface area contributed by atoms with E-state index >= 15 is 0 Å². The minimum Gasteiger partial charge on any atom is -0.458 e. The number of rotatable bonds is 3. The van der Waals surface area contributed by atoms with Crippen LogP contribution in [0.1, 0.15) is 19.8 Å². The molecule has 1 aromatic heterocycles. The molecule has 0 spiro atoms. The lowest BCUT2D eigenvalue weighted by Gasteiger charge is -2.36. The zero-order valence-corrected chi connectivity index (χ0v) is 9.54. The van der Waals surface area contributed by atoms with E-state index < -0.39 is 5.82 Å². The highest BCUT2D eigenvalue weighted by Crippen LogP contribution is 2.19. The third-order valence-electron chi connectivity index (χ3n) is 2.95. The van der Waals surface area contributed by atoms with Gasteiger partial charge in [0.25, 0.3) is 0 Å². The number of carbonyl (C=O) groups is 1. The Morgan fingerprint density at radius 3 is 2.88 bits per heavy atom. The van der Waals surface area contributed by atoms with E-state index in [-0.39, 0.29) is 18.2 Å². The molecule has 2 rings (SSSR count). The van der Waals surface area contributed by atoms with Crippen LogP contribution in [0.4, 0.5) is 4.39 Å². The van der Waals surface area contributed by atoms with Gasteiger partial charge in [-0.3, -0.25) is 4.79 Å². The van der Waals surface area contributed by atoms with Gasteiger partial charge in [-0.05, 0) is 19.8 Å². The zero-order chi connectivity index (χ0) is 12.3. The topological polar surface area (TPSA) is 55.3 Å². The summed E-state index contributed by atoms with van der Waals surface area (Å²) in [5.74, 6) is -0.497. The molecule has 6 heteroatoms. The van der Waals surface area contributed by atoms with Gasteiger partial charge in [0.05, 0.1) is 18.4 Å². The smallest absolute Gasteiger partial charge is 0.316 e. The second-order valence-corrected chi connectivity index (χ2v) is 4.07. The van der Waals surface area contributed by atoms with Crippen LogP contribution in [0, 0.1) is 5.82 Å². The average molecular weight is 239 g/mol. The van der Waals surface area contributed by atoms with Crippen LogP contribution in [0.2, 0.25) is 0 Å². The molecular weight excluding hydrogens is 225 g/mol. The number of piperidine rings is 1. The predicted octanol–water partition coefficient (Wildman–Crippen LogP) is 1.00. The van der Waals surface area contributed by atoms with Crippen LogP contribution in [-0.4, -0.2) is 40.0 Å². The van der Waals surface area contributed by atoms with E-state index in [1.54, 1.807) is 4.90 Å². The zero-order valence-electron chi connectivity index (χ0n) is 9.54. The van der Waals surface area contributed by atoms with Crippen molar-refractivity contribution < 1.29 is 13.9 Å². The lowest BCUT2D eigenvalue weighted by Crippen LogP contribution is -2.48. The van der Waals surface area contributed by atoms with Crippen LogP contribution < -0.4 is 4.74 Å². The molecule has 0 unspecified atom stereocenters. The van der Waals surface area contributed by atoms with Crippen LogP contribution >= 0.6 is 0 Å². The van der Waals surface area contributed by atoms with E-state index in [0.717, 1.165) is 38.2 Å². The van der Waals surface area contributed by atoms with E-state index in [0.29, 0.717) is 0 Å². The van der Waals surface area contributed by atoms with Crippen molar-refractivity contribution in [3.05, 3.63) is 18.2 Å². The van der Waals surface area contributed by atoms with Crippen LogP contribution in [0.5, 0.6) is 6.01 Å². The first-order valence-corrected chi connectivity index (χ1v) is 5.56. The third-order valence-corrected chi connectivity index (χ3v) is 2.95. The molecule has 1 aliphatic heterocycles. The van der Waals surface area contributed by atoms with Crippen molar-refractivity contribution in [3.8, 4) is 6.01 Å². The van der Waals surface area contributed by atoms with Crippen LogP contribution in [0.25, 0.3) is 0 Å². The normalized spacial score (nSPS) is 24.5. The van der Waals surface area contributed by atoms with Gasteiger partial charge in [-0.1, -0.05) is 0 Å². The van der Waals surface area contributed by atoms with Gasteiger partial charge >= 0.3 is 6.01 Å². The van der Waals surface area contributed by atoms with E-state index in [4.69, 9.17) is 4.74 Å². The second-order valence-electron chi connectivity index (χ2n) is 4.07. The first-order chi connectivity index (χ1) is 8.20. The molecule has 2 atom stereocenters. The van der Waals surface area contributed by atoms with Gasteiger partial charge in [0.2, 0.25) is 6.41 Å². The number of aromatic nitrogens is 2. The number of nitrogens with zero attached hydrogens (tertiary/aromatic N) is 3. The fourth-order valence-electron chi connectivity index (χ4n) is 1.94. The quantitative estimate of drug-likeness (QED) is 0.738. The molecule has 0 aromatic carbocycles. The number of amides is 1. The Labute approximate surface area is 98.6 Å². The third kappa shape index (κ3) is 2.69. The molecule has 1 aliphatic rings. The van der Waals surface area contributed by atoms with E-state index in [1.807, 2.05) is 6.92 Å². The summed E-state index contributed by atoms with van der Waals surface area (Å²) in [5, 5.41) is 0. The van der Waals surface area contributed by atoms with Gasteiger partial charge in [-0.2, -0.15) is 0 Å². The Balaban J connectivity index is 2.02. The Bertz CT molecular complexity index is 385. The van der Waals surface area contributed by atoms with Gasteiger partial charge < -0.3 is 9.64 Å². The Kier molecular flexibility index (Phi) is 3.51. The molecule has 0 aliphatic carbocycles. The number of likely N-dealkylation sites (tertiary alicyclic amines) is 1. The SMILES string of the molecule is C[C@H]1[C@H](Oc2ncc(F)cn2)CCCN1C=O. The Morgan fingerprint density at radius 2 is 2.24 bits per heavy atom. The predicted molar refractivity (Wildman–Crippen MR) is 57.9 cm³/mol. The van der Waals surface area contributed by atoms with Gasteiger partial charge in [-0.15, -0.1) is 0 Å². The average Bonchev–Trinajstić information content (AvgIpc) is 2.35. The summed E-state index contributed by atoms with van der Waals surface area (Å²) in [6, 6.07) is 0.130. The van der Waals surface area contributed by atoms with Crippen molar-refractivity contribution in [3.63, 3.8) is 0 Å². The summed E-state index contributed by atoms with van der Waals surface area (Å²) < 4.78 is 18.2. The number of carbonyl (C=O) groups excluding carboxylic acids is 1.